The van der Waals surface area contributed by atoms with Crippen LogP contribution in [-0.4, -0.2) is 49.3 Å². The predicted octanol–water partition coefficient (Wildman–Crippen LogP) is 1.67. The Balaban J connectivity index is 2.24. The molecule has 21 heavy (non-hydrogen) atoms. The van der Waals surface area contributed by atoms with Gasteiger partial charge in [0.15, 0.2) is 0 Å². The minimum absolute atomic E-state index is 0.138. The number of carbonyl (C=O) groups is 2. The number of ether oxygens (including phenoxy) is 3. The topological polar surface area (TPSA) is 61.8 Å². The summed E-state index contributed by atoms with van der Waals surface area (Å²) in [7, 11) is 0. The molecule has 0 saturated carbocycles. The highest BCUT2D eigenvalue weighted by Crippen LogP contribution is 2.27. The van der Waals surface area contributed by atoms with E-state index in [1.54, 1.807) is 0 Å². The van der Waals surface area contributed by atoms with Crippen LogP contribution in [0.5, 0.6) is 0 Å². The molecule has 0 bridgehead atoms. The third kappa shape index (κ3) is 5.58. The van der Waals surface area contributed by atoms with Crippen LogP contribution in [0.4, 0.5) is 13.2 Å². The van der Waals surface area contributed by atoms with Crippen LogP contribution in [0.2, 0.25) is 0 Å². The van der Waals surface area contributed by atoms with E-state index in [0.29, 0.717) is 0 Å². The van der Waals surface area contributed by atoms with Crippen molar-refractivity contribution in [2.45, 2.75) is 30.4 Å². The summed E-state index contributed by atoms with van der Waals surface area (Å²) >= 11 is 3.02. The van der Waals surface area contributed by atoms with E-state index in [4.69, 9.17) is 9.47 Å². The summed E-state index contributed by atoms with van der Waals surface area (Å²) in [6.07, 6.45) is -1.60. The fourth-order valence-corrected chi connectivity index (χ4v) is 1.51. The highest BCUT2D eigenvalue weighted by atomic mass is 32.1. The largest absolute Gasteiger partial charge is 0.463 e. The first kappa shape index (κ1) is 17.8. The molecule has 0 aromatic rings. The maximum atomic E-state index is 12.8. The van der Waals surface area contributed by atoms with Crippen LogP contribution < -0.4 is 0 Å². The lowest BCUT2D eigenvalue weighted by Crippen LogP contribution is -2.28. The van der Waals surface area contributed by atoms with Crippen LogP contribution in [-0.2, 0) is 23.8 Å². The molecule has 1 aliphatic rings. The second-order valence-electron chi connectivity index (χ2n) is 4.35. The van der Waals surface area contributed by atoms with Crippen molar-refractivity contribution in [3.8, 4) is 0 Å². The first-order valence-electron chi connectivity index (χ1n) is 6.07. The fourth-order valence-electron chi connectivity index (χ4n) is 1.38. The molecule has 0 aromatic carbocycles. The van der Waals surface area contributed by atoms with Gasteiger partial charge in [0.1, 0.15) is 0 Å². The minimum Gasteiger partial charge on any atom is -0.463 e. The summed E-state index contributed by atoms with van der Waals surface area (Å²) < 4.78 is 52.3. The lowest BCUT2D eigenvalue weighted by Gasteiger charge is -2.16. The molecule has 1 saturated heterocycles. The van der Waals surface area contributed by atoms with Gasteiger partial charge in [0, 0.05) is 12.8 Å². The van der Waals surface area contributed by atoms with Crippen LogP contribution >= 0.6 is 12.6 Å². The van der Waals surface area contributed by atoms with Crippen LogP contribution in [0, 0.1) is 0 Å². The molecule has 0 aliphatic carbocycles. The first-order valence-corrected chi connectivity index (χ1v) is 6.59. The van der Waals surface area contributed by atoms with Crippen LogP contribution in [0.1, 0.15) is 12.8 Å². The van der Waals surface area contributed by atoms with Crippen molar-refractivity contribution in [2.24, 2.45) is 0 Å². The summed E-state index contributed by atoms with van der Waals surface area (Å²) in [5.41, 5.74) is -2.72. The van der Waals surface area contributed by atoms with Gasteiger partial charge in [-0.05, 0) is 0 Å². The zero-order valence-electron chi connectivity index (χ0n) is 11.0. The third-order valence-corrected chi connectivity index (χ3v) is 3.01. The molecule has 0 amide bonds. The summed E-state index contributed by atoms with van der Waals surface area (Å²) in [5, 5.41) is 0. The van der Waals surface area contributed by atoms with Gasteiger partial charge < -0.3 is 14.2 Å². The quantitative estimate of drug-likeness (QED) is 0.318. The average Bonchev–Trinajstić information content (AvgIpc) is 2.79. The van der Waals surface area contributed by atoms with Gasteiger partial charge in [0.25, 0.3) is 5.92 Å². The Kier molecular flexibility index (Phi) is 6.53. The van der Waals surface area contributed by atoms with E-state index in [-0.39, 0.29) is 25.2 Å². The monoisotopic (exact) mass is 328 g/mol. The second kappa shape index (κ2) is 7.69. The highest BCUT2D eigenvalue weighted by molar-refractivity contribution is 7.80. The highest BCUT2D eigenvalue weighted by Gasteiger charge is 2.37. The first-order chi connectivity index (χ1) is 9.74. The van der Waals surface area contributed by atoms with Crippen molar-refractivity contribution in [1.82, 2.24) is 0 Å². The number of carbonyl (C=O) groups excluding carboxylic acids is 2. The van der Waals surface area contributed by atoms with Crippen molar-refractivity contribution in [3.05, 3.63) is 12.2 Å². The maximum absolute atomic E-state index is 12.8. The number of hydrogen-bond acceptors (Lipinski definition) is 6. The van der Waals surface area contributed by atoms with E-state index >= 15 is 0 Å². The number of esters is 2. The maximum Gasteiger partial charge on any atom is 0.347 e. The molecule has 1 fully saturated rings. The zero-order chi connectivity index (χ0) is 16.0. The van der Waals surface area contributed by atoms with Gasteiger partial charge in [0.2, 0.25) is 11.6 Å². The Morgan fingerprint density at radius 2 is 2.24 bits per heavy atom. The molecule has 120 valence electrons. The Labute approximate surface area is 124 Å². The molecule has 0 N–H and O–H groups in total. The molecular weight excluding hydrogens is 313 g/mol. The number of hydrogen-bond donors (Lipinski definition) is 1. The normalized spacial score (nSPS) is 20.0. The molecule has 2 unspecified atom stereocenters. The third-order valence-electron chi connectivity index (χ3n) is 2.63. The number of rotatable bonds is 8. The van der Waals surface area contributed by atoms with Crippen LogP contribution in [0.25, 0.3) is 0 Å². The Morgan fingerprint density at radius 3 is 2.76 bits per heavy atom. The fraction of sp³-hybridized carbons (Fsp3) is 0.667. The number of cyclic esters (lactones) is 1. The van der Waals surface area contributed by atoms with E-state index < -0.39 is 42.5 Å². The molecule has 1 rings (SSSR count). The van der Waals surface area contributed by atoms with Crippen LogP contribution in [0.15, 0.2) is 12.2 Å². The molecule has 1 heterocycles. The van der Waals surface area contributed by atoms with Crippen molar-refractivity contribution >= 4 is 24.6 Å². The molecule has 2 atom stereocenters. The van der Waals surface area contributed by atoms with E-state index in [0.717, 1.165) is 0 Å². The molecule has 0 radical (unpaired) electrons. The predicted molar refractivity (Wildman–Crippen MR) is 68.9 cm³/mol. The lowest BCUT2D eigenvalue weighted by atomic mass is 10.2. The van der Waals surface area contributed by atoms with Gasteiger partial charge in [-0.25, -0.2) is 22.8 Å². The van der Waals surface area contributed by atoms with Gasteiger partial charge in [0.05, 0.1) is 25.4 Å². The lowest BCUT2D eigenvalue weighted by molar-refractivity contribution is -0.157. The second-order valence-corrected chi connectivity index (χ2v) is 4.81. The van der Waals surface area contributed by atoms with E-state index in [1.807, 2.05) is 0 Å². The van der Waals surface area contributed by atoms with Gasteiger partial charge in [-0.3, -0.25) is 0 Å². The Hall–Kier alpha value is -1.22. The van der Waals surface area contributed by atoms with Gasteiger partial charge >= 0.3 is 11.9 Å². The molecule has 0 spiro atoms. The number of thiol groups is 1. The zero-order valence-corrected chi connectivity index (χ0v) is 11.9. The van der Waals surface area contributed by atoms with Gasteiger partial charge in [-0.1, -0.05) is 6.58 Å². The van der Waals surface area contributed by atoms with Crippen LogP contribution in [0.3, 0.4) is 0 Å². The van der Waals surface area contributed by atoms with Crippen molar-refractivity contribution < 1.29 is 37.0 Å². The Bertz CT molecular complexity index is 414. The van der Waals surface area contributed by atoms with Crippen molar-refractivity contribution in [3.63, 3.8) is 0 Å². The van der Waals surface area contributed by atoms with E-state index in [9.17, 15) is 22.8 Å². The van der Waals surface area contributed by atoms with Crippen molar-refractivity contribution in [1.29, 1.82) is 0 Å². The van der Waals surface area contributed by atoms with Gasteiger partial charge in [-0.2, -0.15) is 0 Å². The Morgan fingerprint density at radius 1 is 1.57 bits per heavy atom. The summed E-state index contributed by atoms with van der Waals surface area (Å²) in [6.45, 7) is 2.69. The SMILES string of the molecule is C=C(COCCC(F)(F)C(F)S)C(=O)OC1CCOC1=O. The average molecular weight is 328 g/mol. The summed E-state index contributed by atoms with van der Waals surface area (Å²) in [4.78, 5) is 22.6. The minimum atomic E-state index is -3.61. The molecule has 9 heteroatoms. The summed E-state index contributed by atoms with van der Waals surface area (Å²) in [6, 6.07) is 0. The van der Waals surface area contributed by atoms with Crippen molar-refractivity contribution in [2.75, 3.05) is 19.8 Å². The standard InChI is InChI=1S/C12H15F3O5S/c1-7(6-18-5-3-12(14,15)11(13)21)9(16)20-8-2-4-19-10(8)17/h8,11,21H,1-6H2. The number of alkyl halides is 3. The number of halogens is 3. The molecule has 5 nitrogen and oxygen atoms in total. The van der Waals surface area contributed by atoms with E-state index in [2.05, 4.69) is 23.9 Å². The molecular formula is C12H15F3O5S. The smallest absolute Gasteiger partial charge is 0.347 e. The van der Waals surface area contributed by atoms with E-state index in [1.165, 1.54) is 0 Å². The molecule has 1 aliphatic heterocycles. The molecule has 0 aromatic heterocycles. The van der Waals surface area contributed by atoms with Gasteiger partial charge in [-0.15, -0.1) is 12.6 Å². The summed E-state index contributed by atoms with van der Waals surface area (Å²) in [5.74, 6) is -5.12.